The third-order valence-corrected chi connectivity index (χ3v) is 5.84. The Hall–Kier alpha value is -2.87. The minimum Gasteiger partial charge on any atom is -0.496 e. The molecule has 8 heteroatoms. The second-order valence-electron chi connectivity index (χ2n) is 7.87. The lowest BCUT2D eigenvalue weighted by Gasteiger charge is -2.25. The minimum atomic E-state index is 0.218. The highest BCUT2D eigenvalue weighted by Gasteiger charge is 2.18. The molecule has 0 saturated heterocycles. The summed E-state index contributed by atoms with van der Waals surface area (Å²) in [7, 11) is 3.38. The molecule has 1 fully saturated rings. The smallest absolute Gasteiger partial charge is 0.222 e. The molecule has 30 heavy (non-hydrogen) atoms. The molecule has 0 aliphatic heterocycles. The lowest BCUT2D eigenvalue weighted by molar-refractivity contribution is 0.210. The van der Waals surface area contributed by atoms with Gasteiger partial charge in [0.1, 0.15) is 16.8 Å². The Morgan fingerprint density at radius 1 is 1.23 bits per heavy atom. The fraction of sp³-hybridized carbons (Fsp3) is 0.500. The lowest BCUT2D eigenvalue weighted by atomic mass is 9.81. The number of nitrogens with two attached hydrogens (primary N) is 1. The van der Waals surface area contributed by atoms with Crippen LogP contribution in [0.1, 0.15) is 36.8 Å². The average molecular weight is 411 g/mol. The monoisotopic (exact) mass is 410 g/mol. The second-order valence-corrected chi connectivity index (χ2v) is 7.87. The van der Waals surface area contributed by atoms with Gasteiger partial charge in [0.2, 0.25) is 5.95 Å². The van der Waals surface area contributed by atoms with Gasteiger partial charge >= 0.3 is 0 Å². The van der Waals surface area contributed by atoms with Gasteiger partial charge in [-0.2, -0.15) is 10.1 Å². The molecule has 1 aliphatic carbocycles. The van der Waals surface area contributed by atoms with E-state index in [1.807, 2.05) is 4.68 Å². The second kappa shape index (κ2) is 9.30. The van der Waals surface area contributed by atoms with Crippen molar-refractivity contribution in [3.63, 3.8) is 0 Å². The van der Waals surface area contributed by atoms with Gasteiger partial charge in [-0.15, -0.1) is 0 Å². The van der Waals surface area contributed by atoms with Crippen LogP contribution >= 0.6 is 0 Å². The summed E-state index contributed by atoms with van der Waals surface area (Å²) in [5.41, 5.74) is 9.78. The highest BCUT2D eigenvalue weighted by Crippen LogP contribution is 2.31. The number of aryl methyl sites for hydroxylation is 1. The Morgan fingerprint density at radius 2 is 2.10 bits per heavy atom. The molecule has 3 N–H and O–H groups in total. The minimum absolute atomic E-state index is 0.218. The van der Waals surface area contributed by atoms with E-state index >= 15 is 0 Å². The zero-order valence-corrected chi connectivity index (χ0v) is 17.7. The summed E-state index contributed by atoms with van der Waals surface area (Å²) in [4.78, 5) is 8.69. The number of nitrogens with zero attached hydrogens (tertiary/aromatic N) is 4. The van der Waals surface area contributed by atoms with E-state index in [0.29, 0.717) is 31.0 Å². The van der Waals surface area contributed by atoms with Gasteiger partial charge in [0, 0.05) is 19.2 Å². The van der Waals surface area contributed by atoms with Gasteiger partial charge in [-0.3, -0.25) is 4.68 Å². The zero-order valence-electron chi connectivity index (χ0n) is 17.7. The molecule has 0 bridgehead atoms. The molecule has 2 heterocycles. The SMILES string of the molecule is COCCNc1nc(N)nc2cnn(Cc3ccc(CCC4CCC4)cc3OC)c12. The van der Waals surface area contributed by atoms with Crippen LogP contribution in [0.15, 0.2) is 24.4 Å². The van der Waals surface area contributed by atoms with E-state index in [1.165, 1.54) is 31.2 Å². The average Bonchev–Trinajstić information content (AvgIpc) is 3.10. The number of methoxy groups -OCH3 is 2. The molecule has 4 rings (SSSR count). The Bertz CT molecular complexity index is 999. The molecule has 160 valence electrons. The molecule has 1 aliphatic rings. The highest BCUT2D eigenvalue weighted by molar-refractivity contribution is 5.86. The van der Waals surface area contributed by atoms with Crippen molar-refractivity contribution in [3.05, 3.63) is 35.5 Å². The molecule has 0 amide bonds. The van der Waals surface area contributed by atoms with E-state index in [-0.39, 0.29) is 5.95 Å². The Morgan fingerprint density at radius 3 is 2.83 bits per heavy atom. The summed E-state index contributed by atoms with van der Waals surface area (Å²) in [6.07, 6.45) is 8.24. The predicted octanol–water partition coefficient (Wildman–Crippen LogP) is 3.26. The molecular formula is C22H30N6O2. The number of anilines is 2. The number of nitrogen functional groups attached to an aromatic ring is 1. The number of ether oxygens (including phenoxy) is 2. The summed E-state index contributed by atoms with van der Waals surface area (Å²) >= 11 is 0. The molecule has 8 nitrogen and oxygen atoms in total. The first-order chi connectivity index (χ1) is 14.7. The van der Waals surface area contributed by atoms with Crippen LogP contribution in [0.5, 0.6) is 5.75 Å². The van der Waals surface area contributed by atoms with Crippen LogP contribution in [0.2, 0.25) is 0 Å². The number of nitrogens with one attached hydrogen (secondary N) is 1. The highest BCUT2D eigenvalue weighted by atomic mass is 16.5. The van der Waals surface area contributed by atoms with E-state index < -0.39 is 0 Å². The quantitative estimate of drug-likeness (QED) is 0.495. The Labute approximate surface area is 176 Å². The van der Waals surface area contributed by atoms with Crippen LogP contribution in [0, 0.1) is 5.92 Å². The molecule has 2 aromatic heterocycles. The van der Waals surface area contributed by atoms with Crippen LogP contribution < -0.4 is 15.8 Å². The van der Waals surface area contributed by atoms with Gasteiger partial charge in [-0.05, 0) is 30.4 Å². The number of fused-ring (bicyclic) bond motifs is 1. The summed E-state index contributed by atoms with van der Waals surface area (Å²) in [6, 6.07) is 6.50. The van der Waals surface area contributed by atoms with Crippen molar-refractivity contribution in [2.24, 2.45) is 5.92 Å². The fourth-order valence-electron chi connectivity index (χ4n) is 3.92. The first kappa shape index (κ1) is 20.4. The molecule has 0 spiro atoms. The van der Waals surface area contributed by atoms with Gasteiger partial charge in [-0.1, -0.05) is 31.4 Å². The predicted molar refractivity (Wildman–Crippen MR) is 118 cm³/mol. The van der Waals surface area contributed by atoms with Crippen molar-refractivity contribution in [3.8, 4) is 5.75 Å². The van der Waals surface area contributed by atoms with Crippen LogP contribution in [0.4, 0.5) is 11.8 Å². The van der Waals surface area contributed by atoms with E-state index in [1.54, 1.807) is 20.4 Å². The van der Waals surface area contributed by atoms with Gasteiger partial charge in [0.05, 0.1) is 26.5 Å². The van der Waals surface area contributed by atoms with Crippen LogP contribution in [0.3, 0.4) is 0 Å². The maximum Gasteiger partial charge on any atom is 0.222 e. The maximum atomic E-state index is 5.87. The standard InChI is InChI=1S/C22H30N6O2/c1-29-11-10-24-21-20-18(26-22(23)27-21)13-25-28(20)14-17-9-8-16(12-19(17)30-2)7-6-15-4-3-5-15/h8-9,12-13,15H,3-7,10-11,14H2,1-2H3,(H3,23,24,26,27). The number of hydrogen-bond donors (Lipinski definition) is 2. The number of hydrogen-bond acceptors (Lipinski definition) is 7. The van der Waals surface area contributed by atoms with Crippen molar-refractivity contribution in [2.75, 3.05) is 38.4 Å². The van der Waals surface area contributed by atoms with E-state index in [4.69, 9.17) is 15.2 Å². The molecule has 1 aromatic carbocycles. The van der Waals surface area contributed by atoms with Gasteiger partial charge < -0.3 is 20.5 Å². The first-order valence-corrected chi connectivity index (χ1v) is 10.6. The molecule has 3 aromatic rings. The van der Waals surface area contributed by atoms with Gasteiger partial charge in [-0.25, -0.2) is 4.98 Å². The third kappa shape index (κ3) is 4.48. The molecular weight excluding hydrogens is 380 g/mol. The fourth-order valence-corrected chi connectivity index (χ4v) is 3.92. The van der Waals surface area contributed by atoms with E-state index in [9.17, 15) is 0 Å². The van der Waals surface area contributed by atoms with E-state index in [0.717, 1.165) is 29.2 Å². The normalized spacial score (nSPS) is 14.1. The molecule has 1 saturated carbocycles. The summed E-state index contributed by atoms with van der Waals surface area (Å²) in [6.45, 7) is 1.74. The van der Waals surface area contributed by atoms with Crippen LogP contribution in [0.25, 0.3) is 11.0 Å². The largest absolute Gasteiger partial charge is 0.496 e. The number of benzene rings is 1. The van der Waals surface area contributed by atoms with Gasteiger partial charge in [0.15, 0.2) is 5.82 Å². The van der Waals surface area contributed by atoms with Crippen molar-refractivity contribution in [2.45, 2.75) is 38.6 Å². The van der Waals surface area contributed by atoms with Crippen molar-refractivity contribution >= 4 is 22.8 Å². The Balaban J connectivity index is 1.56. The van der Waals surface area contributed by atoms with Crippen molar-refractivity contribution in [1.29, 1.82) is 0 Å². The summed E-state index contributed by atoms with van der Waals surface area (Å²) in [5.74, 6) is 2.66. The topological polar surface area (TPSA) is 100 Å². The first-order valence-electron chi connectivity index (χ1n) is 10.6. The van der Waals surface area contributed by atoms with Gasteiger partial charge in [0.25, 0.3) is 0 Å². The molecule has 0 unspecified atom stereocenters. The third-order valence-electron chi connectivity index (χ3n) is 5.84. The van der Waals surface area contributed by atoms with Crippen molar-refractivity contribution < 1.29 is 9.47 Å². The summed E-state index contributed by atoms with van der Waals surface area (Å²) in [5, 5.41) is 7.80. The van der Waals surface area contributed by atoms with Crippen LogP contribution in [-0.2, 0) is 17.7 Å². The number of rotatable bonds is 10. The summed E-state index contributed by atoms with van der Waals surface area (Å²) < 4.78 is 12.7. The van der Waals surface area contributed by atoms with Crippen molar-refractivity contribution in [1.82, 2.24) is 19.7 Å². The molecule has 0 atom stereocenters. The zero-order chi connectivity index (χ0) is 20.9. The van der Waals surface area contributed by atoms with Crippen LogP contribution in [-0.4, -0.2) is 47.1 Å². The Kier molecular flexibility index (Phi) is 6.32. The molecule has 0 radical (unpaired) electrons. The van der Waals surface area contributed by atoms with E-state index in [2.05, 4.69) is 38.6 Å². The number of aromatic nitrogens is 4. The lowest BCUT2D eigenvalue weighted by Crippen LogP contribution is -2.13. The maximum absolute atomic E-state index is 5.87.